The van der Waals surface area contributed by atoms with Gasteiger partial charge >= 0.3 is 6.01 Å². The quantitative estimate of drug-likeness (QED) is 0.457. The molecule has 0 aliphatic carbocycles. The van der Waals surface area contributed by atoms with E-state index in [4.69, 9.17) is 30.9 Å². The summed E-state index contributed by atoms with van der Waals surface area (Å²) in [5.41, 5.74) is 1.80. The predicted molar refractivity (Wildman–Crippen MR) is 115 cm³/mol. The molecule has 0 bridgehead atoms. The summed E-state index contributed by atoms with van der Waals surface area (Å²) in [5, 5.41) is 13.7. The van der Waals surface area contributed by atoms with Crippen molar-refractivity contribution in [1.29, 1.82) is 0 Å². The van der Waals surface area contributed by atoms with Crippen molar-refractivity contribution in [2.75, 3.05) is 25.3 Å². The van der Waals surface area contributed by atoms with E-state index in [-0.39, 0.29) is 13.4 Å². The minimum absolute atomic E-state index is 0.232. The lowest BCUT2D eigenvalue weighted by molar-refractivity contribution is 0.174. The van der Waals surface area contributed by atoms with E-state index in [0.29, 0.717) is 30.0 Å². The Hall–Kier alpha value is -2.77. The number of nitrogens with one attached hydrogen (secondary N) is 1. The van der Waals surface area contributed by atoms with Gasteiger partial charge in [0, 0.05) is 23.6 Å². The van der Waals surface area contributed by atoms with Gasteiger partial charge in [0.15, 0.2) is 11.5 Å². The van der Waals surface area contributed by atoms with Gasteiger partial charge in [-0.1, -0.05) is 24.1 Å². The van der Waals surface area contributed by atoms with Crippen molar-refractivity contribution >= 4 is 28.3 Å². The van der Waals surface area contributed by atoms with E-state index in [1.54, 1.807) is 6.07 Å². The van der Waals surface area contributed by atoms with E-state index in [2.05, 4.69) is 15.3 Å². The Morgan fingerprint density at radius 3 is 2.77 bits per heavy atom. The Kier molecular flexibility index (Phi) is 6.71. The van der Waals surface area contributed by atoms with Crippen LogP contribution in [0.5, 0.6) is 17.5 Å². The summed E-state index contributed by atoms with van der Waals surface area (Å²) >= 11 is 6.19. The van der Waals surface area contributed by atoms with Gasteiger partial charge in [0.05, 0.1) is 12.1 Å². The van der Waals surface area contributed by atoms with Crippen LogP contribution in [-0.4, -0.2) is 35.1 Å². The maximum absolute atomic E-state index is 8.85. The highest BCUT2D eigenvalue weighted by Crippen LogP contribution is 2.33. The molecule has 0 fully saturated rings. The molecular formula is C22H24ClN3O4. The van der Waals surface area contributed by atoms with Gasteiger partial charge in [-0.2, -0.15) is 9.97 Å². The smallest absolute Gasteiger partial charge is 0.318 e. The number of nitrogens with zero attached hydrogens (tertiary/aromatic N) is 2. The summed E-state index contributed by atoms with van der Waals surface area (Å²) in [4.78, 5) is 9.07. The number of aromatic nitrogens is 2. The highest BCUT2D eigenvalue weighted by Gasteiger charge is 2.14. The first kappa shape index (κ1) is 20.5. The second kappa shape index (κ2) is 9.82. The Labute approximate surface area is 180 Å². The van der Waals surface area contributed by atoms with E-state index in [1.807, 2.05) is 30.3 Å². The van der Waals surface area contributed by atoms with Crippen LogP contribution in [0.3, 0.4) is 0 Å². The maximum atomic E-state index is 8.85. The van der Waals surface area contributed by atoms with Gasteiger partial charge in [-0.05, 0) is 55.2 Å². The predicted octanol–water partition coefficient (Wildman–Crippen LogP) is 4.56. The average Bonchev–Trinajstić information content (AvgIpc) is 3.22. The molecule has 2 N–H and O–H groups in total. The first-order chi connectivity index (χ1) is 14.7. The number of fused-ring (bicyclic) bond motifs is 2. The molecule has 1 aliphatic rings. The van der Waals surface area contributed by atoms with Crippen molar-refractivity contribution < 1.29 is 19.3 Å². The van der Waals surface area contributed by atoms with Gasteiger partial charge in [0.1, 0.15) is 5.82 Å². The number of benzene rings is 2. The molecule has 2 heterocycles. The molecule has 1 aliphatic heterocycles. The van der Waals surface area contributed by atoms with E-state index in [1.165, 1.54) is 0 Å². The molecule has 3 aromatic rings. The third kappa shape index (κ3) is 5.04. The van der Waals surface area contributed by atoms with Gasteiger partial charge in [-0.15, -0.1) is 0 Å². The van der Waals surface area contributed by atoms with Crippen molar-refractivity contribution in [1.82, 2.24) is 9.97 Å². The van der Waals surface area contributed by atoms with E-state index in [0.717, 1.165) is 53.6 Å². The number of rotatable bonds is 10. The molecule has 0 atom stereocenters. The molecule has 0 amide bonds. The van der Waals surface area contributed by atoms with E-state index >= 15 is 0 Å². The van der Waals surface area contributed by atoms with Gasteiger partial charge in [0.2, 0.25) is 6.79 Å². The summed E-state index contributed by atoms with van der Waals surface area (Å²) in [7, 11) is 0. The molecule has 158 valence electrons. The molecule has 2 aromatic carbocycles. The second-order valence-electron chi connectivity index (χ2n) is 7.04. The molecule has 0 spiro atoms. The molecule has 0 radical (unpaired) electrons. The van der Waals surface area contributed by atoms with Gasteiger partial charge in [0.25, 0.3) is 0 Å². The fraction of sp³-hybridized carbons (Fsp3) is 0.364. The van der Waals surface area contributed by atoms with Crippen molar-refractivity contribution in [2.45, 2.75) is 32.2 Å². The maximum Gasteiger partial charge on any atom is 0.318 e. The highest BCUT2D eigenvalue weighted by atomic mass is 35.5. The van der Waals surface area contributed by atoms with Crippen molar-refractivity contribution in [3.8, 4) is 17.5 Å². The largest absolute Gasteiger partial charge is 0.463 e. The lowest BCUT2D eigenvalue weighted by Gasteiger charge is -2.12. The zero-order chi connectivity index (χ0) is 20.8. The monoisotopic (exact) mass is 429 g/mol. The van der Waals surface area contributed by atoms with Crippen LogP contribution in [0, 0.1) is 0 Å². The number of ether oxygens (including phenoxy) is 3. The third-order valence-corrected chi connectivity index (χ3v) is 5.05. The van der Waals surface area contributed by atoms with Gasteiger partial charge < -0.3 is 24.6 Å². The fourth-order valence-corrected chi connectivity index (χ4v) is 3.42. The number of aliphatic hydroxyl groups excluding tert-OH is 1. The van der Waals surface area contributed by atoms with Crippen molar-refractivity contribution in [2.24, 2.45) is 0 Å². The fourth-order valence-electron chi connectivity index (χ4n) is 3.25. The minimum atomic E-state index is 0.232. The number of halogens is 1. The topological polar surface area (TPSA) is 85.7 Å². The lowest BCUT2D eigenvalue weighted by atomic mass is 10.2. The zero-order valence-corrected chi connectivity index (χ0v) is 17.3. The summed E-state index contributed by atoms with van der Waals surface area (Å²) in [5.74, 6) is 2.17. The number of aliphatic hydroxyl groups is 1. The van der Waals surface area contributed by atoms with Crippen LogP contribution in [0.25, 0.3) is 10.9 Å². The Morgan fingerprint density at radius 2 is 1.87 bits per heavy atom. The molecule has 0 saturated heterocycles. The van der Waals surface area contributed by atoms with Crippen molar-refractivity contribution in [3.05, 3.63) is 47.0 Å². The molecule has 4 rings (SSSR count). The van der Waals surface area contributed by atoms with Crippen LogP contribution in [0.15, 0.2) is 36.4 Å². The normalized spacial score (nSPS) is 12.3. The molecule has 0 saturated carbocycles. The molecule has 0 unspecified atom stereocenters. The van der Waals surface area contributed by atoms with Crippen LogP contribution in [0.2, 0.25) is 5.02 Å². The zero-order valence-electron chi connectivity index (χ0n) is 16.6. The lowest BCUT2D eigenvalue weighted by Crippen LogP contribution is -2.07. The number of unbranched alkanes of at least 4 members (excludes halogenated alkanes) is 3. The molecule has 8 heteroatoms. The summed E-state index contributed by atoms with van der Waals surface area (Å²) in [6, 6.07) is 11.7. The van der Waals surface area contributed by atoms with Crippen LogP contribution in [0.4, 0.5) is 5.82 Å². The highest BCUT2D eigenvalue weighted by molar-refractivity contribution is 6.31. The number of hydrogen-bond donors (Lipinski definition) is 2. The Bertz CT molecular complexity index is 1020. The standard InChI is InChI=1S/C22H24ClN3O4/c23-16-6-7-18-17(12-16)21(26-22(25-18)28-10-4-2-1-3-9-27)24-13-15-5-8-19-20(11-15)30-14-29-19/h5-8,11-12,27H,1-4,9-10,13-14H2,(H,24,25,26). The van der Waals surface area contributed by atoms with Crippen LogP contribution >= 0.6 is 11.6 Å². The first-order valence-corrected chi connectivity index (χ1v) is 10.4. The Balaban J connectivity index is 1.47. The SMILES string of the molecule is OCCCCCCOc1nc(NCc2ccc3c(c2)OCO3)c2cc(Cl)ccc2n1. The van der Waals surface area contributed by atoms with Crippen LogP contribution in [0.1, 0.15) is 31.2 Å². The van der Waals surface area contributed by atoms with Crippen LogP contribution < -0.4 is 19.5 Å². The minimum Gasteiger partial charge on any atom is -0.463 e. The number of hydrogen-bond acceptors (Lipinski definition) is 7. The summed E-state index contributed by atoms with van der Waals surface area (Å²) in [6.07, 6.45) is 3.70. The van der Waals surface area contributed by atoms with E-state index < -0.39 is 0 Å². The van der Waals surface area contributed by atoms with Gasteiger partial charge in [-0.3, -0.25) is 0 Å². The summed E-state index contributed by atoms with van der Waals surface area (Å²) in [6.45, 7) is 1.57. The molecular weight excluding hydrogens is 406 g/mol. The average molecular weight is 430 g/mol. The number of anilines is 1. The Morgan fingerprint density at radius 1 is 1.00 bits per heavy atom. The van der Waals surface area contributed by atoms with Gasteiger partial charge in [-0.25, -0.2) is 0 Å². The molecule has 30 heavy (non-hydrogen) atoms. The summed E-state index contributed by atoms with van der Waals surface area (Å²) < 4.78 is 16.6. The van der Waals surface area contributed by atoms with Crippen LogP contribution in [-0.2, 0) is 6.54 Å². The second-order valence-corrected chi connectivity index (χ2v) is 7.48. The molecule has 7 nitrogen and oxygen atoms in total. The first-order valence-electron chi connectivity index (χ1n) is 10.1. The van der Waals surface area contributed by atoms with E-state index in [9.17, 15) is 0 Å². The van der Waals surface area contributed by atoms with Crippen molar-refractivity contribution in [3.63, 3.8) is 0 Å². The molecule has 1 aromatic heterocycles. The third-order valence-electron chi connectivity index (χ3n) is 4.82.